The molecule has 0 amide bonds. The zero-order chi connectivity index (χ0) is 12.3. The first-order chi connectivity index (χ1) is 8.24. The number of nitrogens with zero attached hydrogens (tertiary/aromatic N) is 1. The van der Waals surface area contributed by atoms with Gasteiger partial charge in [0.1, 0.15) is 12.1 Å². The number of aromatic nitrogens is 1. The van der Waals surface area contributed by atoms with Gasteiger partial charge >= 0.3 is 6.04 Å². The molecule has 0 aliphatic heterocycles. The summed E-state index contributed by atoms with van der Waals surface area (Å²) in [5.41, 5.74) is 0.357. The number of hydrogen-bond acceptors (Lipinski definition) is 3. The molecule has 1 aromatic carbocycles. The lowest BCUT2D eigenvalue weighted by Gasteiger charge is -2.09. The number of benzene rings is 1. The van der Waals surface area contributed by atoms with Gasteiger partial charge in [-0.1, -0.05) is 24.8 Å². The van der Waals surface area contributed by atoms with E-state index in [0.717, 1.165) is 5.39 Å². The molecule has 17 heavy (non-hydrogen) atoms. The van der Waals surface area contributed by atoms with Gasteiger partial charge in [0.2, 0.25) is 0 Å². The van der Waals surface area contributed by atoms with Gasteiger partial charge in [-0.25, -0.2) is 0 Å². The molecule has 1 aromatic heterocycles. The normalized spacial score (nSPS) is 10.2. The molecular weight excluding hydrogens is 221 g/mol. The Morgan fingerprint density at radius 2 is 2.29 bits per heavy atom. The number of hydrogen-bond donors (Lipinski definition) is 0. The lowest BCUT2D eigenvalue weighted by molar-refractivity contribution is 0.0832. The maximum atomic E-state index is 12.9. The summed E-state index contributed by atoms with van der Waals surface area (Å²) >= 11 is 0. The van der Waals surface area contributed by atoms with Gasteiger partial charge in [0.05, 0.1) is 5.56 Å². The molecule has 0 fully saturated rings. The average molecular weight is 231 g/mol. The zero-order valence-electron chi connectivity index (χ0n) is 9.02. The lowest BCUT2D eigenvalue weighted by atomic mass is 10.1. The lowest BCUT2D eigenvalue weighted by Crippen LogP contribution is -2.02. The van der Waals surface area contributed by atoms with Crippen molar-refractivity contribution in [2.24, 2.45) is 0 Å². The molecule has 0 saturated heterocycles. The van der Waals surface area contributed by atoms with E-state index in [1.165, 1.54) is 12.1 Å². The van der Waals surface area contributed by atoms with Gasteiger partial charge in [-0.15, -0.1) is 0 Å². The first-order valence-corrected chi connectivity index (χ1v) is 5.05. The van der Waals surface area contributed by atoms with Crippen LogP contribution in [0.5, 0.6) is 5.75 Å². The third-order valence-corrected chi connectivity index (χ3v) is 2.29. The van der Waals surface area contributed by atoms with E-state index in [0.29, 0.717) is 5.52 Å². The standard InChI is InChI=1S/C13H10FNO2/c1-2-8-17-12-10(13(14)16)6-5-9-4-3-7-15-11(9)12/h2-7H,1,8H2. The SMILES string of the molecule is C=CCOc1c(C(=O)F)ccc2cccnc12. The van der Waals surface area contributed by atoms with Gasteiger partial charge in [-0.2, -0.15) is 4.39 Å². The molecule has 0 N–H and O–H groups in total. The van der Waals surface area contributed by atoms with Crippen molar-refractivity contribution in [3.05, 3.63) is 48.7 Å². The van der Waals surface area contributed by atoms with Gasteiger partial charge in [-0.3, -0.25) is 9.78 Å². The molecule has 0 saturated carbocycles. The quantitative estimate of drug-likeness (QED) is 0.600. The van der Waals surface area contributed by atoms with Crippen LogP contribution in [0, 0.1) is 0 Å². The van der Waals surface area contributed by atoms with Crippen molar-refractivity contribution in [2.75, 3.05) is 6.61 Å². The monoisotopic (exact) mass is 231 g/mol. The summed E-state index contributed by atoms with van der Waals surface area (Å²) in [6.45, 7) is 3.70. The van der Waals surface area contributed by atoms with E-state index in [2.05, 4.69) is 11.6 Å². The number of carbonyl (C=O) groups excluding carboxylic acids is 1. The second-order valence-corrected chi connectivity index (χ2v) is 3.39. The molecule has 0 unspecified atom stereocenters. The van der Waals surface area contributed by atoms with E-state index in [4.69, 9.17) is 4.74 Å². The Labute approximate surface area is 97.5 Å². The third-order valence-electron chi connectivity index (χ3n) is 2.29. The largest absolute Gasteiger partial charge is 0.486 e. The maximum Gasteiger partial charge on any atom is 0.335 e. The van der Waals surface area contributed by atoms with Gasteiger partial charge in [-0.05, 0) is 12.1 Å². The highest BCUT2D eigenvalue weighted by Crippen LogP contribution is 2.28. The Morgan fingerprint density at radius 3 is 3.00 bits per heavy atom. The van der Waals surface area contributed by atoms with Crippen LogP contribution in [-0.4, -0.2) is 17.6 Å². The summed E-state index contributed by atoms with van der Waals surface area (Å²) < 4.78 is 18.2. The molecule has 86 valence electrons. The molecule has 1 heterocycles. The topological polar surface area (TPSA) is 39.2 Å². The van der Waals surface area contributed by atoms with Gasteiger partial charge in [0, 0.05) is 11.6 Å². The summed E-state index contributed by atoms with van der Waals surface area (Å²) in [6.07, 6.45) is 3.09. The van der Waals surface area contributed by atoms with Crippen molar-refractivity contribution in [3.63, 3.8) is 0 Å². The summed E-state index contributed by atoms with van der Waals surface area (Å²) in [4.78, 5) is 15.0. The highest BCUT2D eigenvalue weighted by atomic mass is 19.1. The fourth-order valence-corrected chi connectivity index (χ4v) is 1.56. The van der Waals surface area contributed by atoms with Crippen molar-refractivity contribution >= 4 is 16.9 Å². The third kappa shape index (κ3) is 2.15. The van der Waals surface area contributed by atoms with Crippen molar-refractivity contribution in [1.82, 2.24) is 4.98 Å². The van der Waals surface area contributed by atoms with Crippen molar-refractivity contribution < 1.29 is 13.9 Å². The van der Waals surface area contributed by atoms with E-state index in [1.54, 1.807) is 18.3 Å². The van der Waals surface area contributed by atoms with Crippen LogP contribution in [0.4, 0.5) is 4.39 Å². The first-order valence-electron chi connectivity index (χ1n) is 5.05. The molecule has 0 aliphatic carbocycles. The second kappa shape index (κ2) is 4.74. The fraction of sp³-hybridized carbons (Fsp3) is 0.0769. The molecule has 2 aromatic rings. The Morgan fingerprint density at radius 1 is 1.47 bits per heavy atom. The van der Waals surface area contributed by atoms with Crippen molar-refractivity contribution in [1.29, 1.82) is 0 Å². The van der Waals surface area contributed by atoms with Crippen molar-refractivity contribution in [2.45, 2.75) is 0 Å². The number of fused-ring (bicyclic) bond motifs is 1. The Kier molecular flexibility index (Phi) is 3.14. The highest BCUT2D eigenvalue weighted by Gasteiger charge is 2.15. The van der Waals surface area contributed by atoms with E-state index in [1.807, 2.05) is 6.07 Å². The minimum atomic E-state index is -1.53. The van der Waals surface area contributed by atoms with Crippen LogP contribution in [0.1, 0.15) is 10.4 Å². The Bertz CT molecular complexity index is 581. The number of ether oxygens (including phenoxy) is 1. The second-order valence-electron chi connectivity index (χ2n) is 3.39. The maximum absolute atomic E-state index is 12.9. The van der Waals surface area contributed by atoms with Crippen LogP contribution in [0.2, 0.25) is 0 Å². The zero-order valence-corrected chi connectivity index (χ0v) is 9.02. The van der Waals surface area contributed by atoms with E-state index < -0.39 is 6.04 Å². The van der Waals surface area contributed by atoms with Crippen molar-refractivity contribution in [3.8, 4) is 5.75 Å². The predicted molar refractivity (Wildman–Crippen MR) is 62.9 cm³/mol. The van der Waals surface area contributed by atoms with Crippen LogP contribution < -0.4 is 4.74 Å². The van der Waals surface area contributed by atoms with Crippen LogP contribution in [-0.2, 0) is 0 Å². The summed E-state index contributed by atoms with van der Waals surface area (Å²) in [6, 6.07) is 5.07. The van der Waals surface area contributed by atoms with E-state index in [-0.39, 0.29) is 17.9 Å². The number of carbonyl (C=O) groups is 1. The minimum absolute atomic E-state index is 0.113. The summed E-state index contributed by atoms with van der Waals surface area (Å²) in [5.74, 6) is 0.163. The molecule has 3 nitrogen and oxygen atoms in total. The van der Waals surface area contributed by atoms with Crippen LogP contribution in [0.3, 0.4) is 0 Å². The summed E-state index contributed by atoms with van der Waals surface area (Å²) in [7, 11) is 0. The smallest absolute Gasteiger partial charge is 0.335 e. The number of rotatable bonds is 4. The van der Waals surface area contributed by atoms with E-state index >= 15 is 0 Å². The number of halogens is 1. The van der Waals surface area contributed by atoms with Crippen LogP contribution >= 0.6 is 0 Å². The highest BCUT2D eigenvalue weighted by molar-refractivity contribution is 5.99. The van der Waals surface area contributed by atoms with Gasteiger partial charge in [0.25, 0.3) is 0 Å². The van der Waals surface area contributed by atoms with Crippen LogP contribution in [0.15, 0.2) is 43.1 Å². The average Bonchev–Trinajstić information content (AvgIpc) is 2.35. The van der Waals surface area contributed by atoms with E-state index in [9.17, 15) is 9.18 Å². The molecule has 2 rings (SSSR count). The minimum Gasteiger partial charge on any atom is -0.486 e. The molecule has 0 aliphatic rings. The Balaban J connectivity index is 2.65. The summed E-state index contributed by atoms with van der Waals surface area (Å²) in [5, 5.41) is 0.788. The predicted octanol–water partition coefficient (Wildman–Crippen LogP) is 2.91. The molecule has 0 radical (unpaired) electrons. The first kappa shape index (κ1) is 11.3. The fourth-order valence-electron chi connectivity index (χ4n) is 1.56. The van der Waals surface area contributed by atoms with Crippen LogP contribution in [0.25, 0.3) is 10.9 Å². The molecule has 4 heteroatoms. The molecule has 0 atom stereocenters. The van der Waals surface area contributed by atoms with Gasteiger partial charge < -0.3 is 4.74 Å². The van der Waals surface area contributed by atoms with Gasteiger partial charge in [0.15, 0.2) is 5.75 Å². The molecule has 0 bridgehead atoms. The molecular formula is C13H10FNO2. The Hall–Kier alpha value is -2.23. The number of pyridine rings is 1. The molecule has 0 spiro atoms.